The van der Waals surface area contributed by atoms with Crippen LogP contribution in [0.5, 0.6) is 0 Å². The molecule has 7 saturated heterocycles. The van der Waals surface area contributed by atoms with Crippen LogP contribution in [0, 0.1) is 0 Å². The lowest BCUT2D eigenvalue weighted by Gasteiger charge is -2.48. The van der Waals surface area contributed by atoms with Crippen LogP contribution in [-0.4, -0.2) is 426 Å². The van der Waals surface area contributed by atoms with Crippen LogP contribution in [0.25, 0.3) is 0 Å². The molecule has 8 aliphatic rings. The minimum atomic E-state index is -1.89. The Balaban J connectivity index is 0.000000288. The highest BCUT2D eigenvalue weighted by Crippen LogP contribution is 2.36. The van der Waals surface area contributed by atoms with Gasteiger partial charge in [0.1, 0.15) is 183 Å². The van der Waals surface area contributed by atoms with E-state index < -0.39 is 292 Å². The van der Waals surface area contributed by atoms with E-state index in [2.05, 4.69) is 5.32 Å². The SMILES string of the molecule is CC1OC(CO)C(OC2OC(C)C(NC3C=C(CO)C(OCC4OC(CO)C(OC5OC(CO)C(O)C(O)C5O)C(O)C4O)C(O)C3O)C(O)C2O)C(O)C1O.COC1C(CO)OC(OC2C(CO)OC(OC3OC(CO)C(O)C(O)C3O)C(O)C2O)C(O)C1O. The molecule has 7 fully saturated rings. The molecule has 0 aromatic rings. The van der Waals surface area contributed by atoms with Gasteiger partial charge in [-0.2, -0.15) is 0 Å². The number of methoxy groups -OCH3 is 1. The number of ether oxygens (including phenoxy) is 13. The van der Waals surface area contributed by atoms with Gasteiger partial charge in [0.05, 0.1) is 77.1 Å². The normalized spacial score (nSPS) is 51.6. The molecule has 0 spiro atoms. The zero-order chi connectivity index (χ0) is 67.4. The van der Waals surface area contributed by atoms with E-state index in [1.807, 2.05) is 0 Å². The maximum Gasteiger partial charge on any atom is 0.189 e. The van der Waals surface area contributed by atoms with Gasteiger partial charge in [0.25, 0.3) is 0 Å². The van der Waals surface area contributed by atoms with Gasteiger partial charge in [-0.3, -0.25) is 0 Å². The number of rotatable bonds is 21. The van der Waals surface area contributed by atoms with Crippen molar-refractivity contribution >= 4 is 0 Å². The Hall–Kier alpha value is -1.82. The summed E-state index contributed by atoms with van der Waals surface area (Å²) in [6, 6.07) is -2.30. The summed E-state index contributed by atoms with van der Waals surface area (Å²) in [5.74, 6) is 0. The second-order valence-corrected chi connectivity index (χ2v) is 23.4. The molecule has 532 valence electrons. The molecule has 39 nitrogen and oxygen atoms in total. The third-order valence-corrected chi connectivity index (χ3v) is 17.5. The van der Waals surface area contributed by atoms with Gasteiger partial charge in [0.15, 0.2) is 31.5 Å². The molecule has 0 radical (unpaired) electrons. The Bertz CT molecular complexity index is 2200. The summed E-state index contributed by atoms with van der Waals surface area (Å²) in [6.45, 7) is -2.61. The summed E-state index contributed by atoms with van der Waals surface area (Å²) in [6.07, 6.45) is -55.8. The molecule has 8 rings (SSSR count). The predicted molar refractivity (Wildman–Crippen MR) is 285 cm³/mol. The third kappa shape index (κ3) is 16.5. The molecule has 0 saturated carbocycles. The van der Waals surface area contributed by atoms with Gasteiger partial charge in [-0.15, -0.1) is 0 Å². The van der Waals surface area contributed by atoms with E-state index in [0.29, 0.717) is 0 Å². The van der Waals surface area contributed by atoms with Gasteiger partial charge in [-0.25, -0.2) is 0 Å². The smallest absolute Gasteiger partial charge is 0.189 e. The largest absolute Gasteiger partial charge is 0.394 e. The van der Waals surface area contributed by atoms with Crippen LogP contribution in [0.2, 0.25) is 0 Å². The Morgan fingerprint density at radius 3 is 1.16 bits per heavy atom. The van der Waals surface area contributed by atoms with Gasteiger partial charge in [0, 0.05) is 7.11 Å². The van der Waals surface area contributed by atoms with E-state index in [9.17, 15) is 128 Å². The lowest BCUT2D eigenvalue weighted by atomic mass is 9.86. The Morgan fingerprint density at radius 1 is 0.341 bits per heavy atom. The van der Waals surface area contributed by atoms with E-state index in [1.54, 1.807) is 0 Å². The first-order valence-corrected chi connectivity index (χ1v) is 29.4. The second kappa shape index (κ2) is 33.6. The van der Waals surface area contributed by atoms with Gasteiger partial charge in [0.2, 0.25) is 0 Å². The predicted octanol–water partition coefficient (Wildman–Crippen LogP) is -16.5. The average molecular weight is 1340 g/mol. The van der Waals surface area contributed by atoms with Crippen molar-refractivity contribution in [3.63, 3.8) is 0 Å². The molecule has 91 heavy (non-hydrogen) atoms. The highest BCUT2D eigenvalue weighted by atomic mass is 16.8. The van der Waals surface area contributed by atoms with Crippen LogP contribution in [0.4, 0.5) is 0 Å². The number of nitrogens with one attached hydrogen (secondary N) is 1. The van der Waals surface area contributed by atoms with Gasteiger partial charge >= 0.3 is 0 Å². The number of aliphatic hydroxyl groups excluding tert-OH is 25. The lowest BCUT2D eigenvalue weighted by Crippen LogP contribution is -2.68. The minimum Gasteiger partial charge on any atom is -0.394 e. The highest BCUT2D eigenvalue weighted by Gasteiger charge is 2.56. The maximum atomic E-state index is 11.1. The standard InChI is InChI=1S/C33H57NO22.C19H34O16/c1-9-17(22(43)27(48)32(52-9)55-30-14(6-37)51-10(2)18(39)24(30)45)34-12-3-11(4-35)29(25(46)19(12)40)50-8-16-21(42)26(47)31(15(7-38)53-16)56-33-28(49)23(44)20(41)13(5-36)54-33;1-30-15-6(3-21)32-17(13(28)10(15)25)34-16-7(4-22)33-19(14(29)11(16)26)35-18-12(27)9(24)8(23)5(2-20)31-18/h3,9-10,12-49H,4-8H2,1-2H3;5-29H,2-4H2,1H3. The van der Waals surface area contributed by atoms with Crippen molar-refractivity contribution in [2.75, 3.05) is 60.0 Å². The van der Waals surface area contributed by atoms with E-state index in [1.165, 1.54) is 27.0 Å². The molecule has 39 unspecified atom stereocenters. The quantitative estimate of drug-likeness (QED) is 0.0475. The van der Waals surface area contributed by atoms with Crippen LogP contribution in [0.3, 0.4) is 0 Å². The van der Waals surface area contributed by atoms with Crippen LogP contribution >= 0.6 is 0 Å². The van der Waals surface area contributed by atoms with Crippen molar-refractivity contribution in [1.82, 2.24) is 5.32 Å². The second-order valence-electron chi connectivity index (χ2n) is 23.4. The number of hydrogen-bond acceptors (Lipinski definition) is 39. The minimum absolute atomic E-state index is 0.0310. The van der Waals surface area contributed by atoms with Crippen molar-refractivity contribution in [1.29, 1.82) is 0 Å². The lowest BCUT2D eigenvalue weighted by molar-refractivity contribution is -0.392. The fraction of sp³-hybridized carbons (Fsp3) is 0.962. The van der Waals surface area contributed by atoms with Gasteiger partial charge in [-0.1, -0.05) is 6.08 Å². The van der Waals surface area contributed by atoms with Gasteiger partial charge < -0.3 is 195 Å². The first kappa shape index (κ1) is 76.5. The zero-order valence-corrected chi connectivity index (χ0v) is 49.2. The summed E-state index contributed by atoms with van der Waals surface area (Å²) < 4.78 is 71.2. The van der Waals surface area contributed by atoms with Crippen molar-refractivity contribution in [3.05, 3.63) is 11.6 Å². The first-order chi connectivity index (χ1) is 43.1. The van der Waals surface area contributed by atoms with E-state index in [0.717, 1.165) is 0 Å². The zero-order valence-electron chi connectivity index (χ0n) is 49.2. The number of aliphatic hydroxyl groups is 25. The molecular weight excluding hydrogens is 1250 g/mol. The molecule has 0 aromatic carbocycles. The van der Waals surface area contributed by atoms with Crippen molar-refractivity contribution in [2.45, 2.75) is 253 Å². The molecule has 0 bridgehead atoms. The average Bonchev–Trinajstić information content (AvgIpc) is 1.18. The summed E-state index contributed by atoms with van der Waals surface area (Å²) in [4.78, 5) is 0. The summed E-state index contributed by atoms with van der Waals surface area (Å²) in [5.41, 5.74) is 0.0310. The Labute approximate surface area is 518 Å². The van der Waals surface area contributed by atoms with Crippen LogP contribution in [0.1, 0.15) is 13.8 Å². The Kier molecular flexibility index (Phi) is 28.3. The van der Waals surface area contributed by atoms with E-state index in [4.69, 9.17) is 61.6 Å². The Morgan fingerprint density at radius 2 is 0.703 bits per heavy atom. The molecule has 0 aromatic heterocycles. The molecule has 7 aliphatic heterocycles. The molecule has 26 N–H and O–H groups in total. The first-order valence-electron chi connectivity index (χ1n) is 29.4. The fourth-order valence-corrected chi connectivity index (χ4v) is 12.0. The molecule has 0 amide bonds. The molecule has 1 aliphatic carbocycles. The molecular formula is C52H91NO38. The summed E-state index contributed by atoms with van der Waals surface area (Å²) in [5, 5.41) is 260. The third-order valence-electron chi connectivity index (χ3n) is 17.5. The van der Waals surface area contributed by atoms with Crippen molar-refractivity contribution in [2.24, 2.45) is 0 Å². The van der Waals surface area contributed by atoms with Crippen LogP contribution in [-0.2, 0) is 61.6 Å². The van der Waals surface area contributed by atoms with Crippen LogP contribution in [0.15, 0.2) is 11.6 Å². The molecule has 39 atom stereocenters. The molecule has 39 heteroatoms. The number of hydrogen-bond donors (Lipinski definition) is 26. The monoisotopic (exact) mass is 1340 g/mol. The van der Waals surface area contributed by atoms with E-state index >= 15 is 0 Å². The highest BCUT2D eigenvalue weighted by molar-refractivity contribution is 5.23. The van der Waals surface area contributed by atoms with Gasteiger partial charge in [-0.05, 0) is 19.4 Å². The molecule has 7 heterocycles. The van der Waals surface area contributed by atoms with Crippen molar-refractivity contribution < 1.29 is 189 Å². The topological polar surface area (TPSA) is 638 Å². The summed E-state index contributed by atoms with van der Waals surface area (Å²) >= 11 is 0. The van der Waals surface area contributed by atoms with Crippen LogP contribution < -0.4 is 5.32 Å². The maximum absolute atomic E-state index is 11.1. The van der Waals surface area contributed by atoms with Crippen molar-refractivity contribution in [3.8, 4) is 0 Å². The van der Waals surface area contributed by atoms with E-state index in [-0.39, 0.29) is 5.57 Å². The fourth-order valence-electron chi connectivity index (χ4n) is 12.0. The summed E-state index contributed by atoms with van der Waals surface area (Å²) in [7, 11) is 1.24.